The molecule has 0 saturated carbocycles. The highest BCUT2D eigenvalue weighted by molar-refractivity contribution is 8.00. The van der Waals surface area contributed by atoms with Crippen LogP contribution in [-0.2, 0) is 0 Å². The van der Waals surface area contributed by atoms with Gasteiger partial charge in [-0.1, -0.05) is 0 Å². The van der Waals surface area contributed by atoms with Gasteiger partial charge < -0.3 is 11.1 Å². The molecule has 1 rings (SSSR count). The molecule has 2 nitrogen and oxygen atoms in total. The number of hydrogen-bond acceptors (Lipinski definition) is 3. The Morgan fingerprint density at radius 1 is 1.60 bits per heavy atom. The zero-order valence-corrected chi connectivity index (χ0v) is 7.50. The lowest BCUT2D eigenvalue weighted by atomic mass is 10.1. The van der Waals surface area contributed by atoms with Gasteiger partial charge in [0.15, 0.2) is 0 Å². The maximum Gasteiger partial charge on any atom is 0.0297 e. The monoisotopic (exact) mass is 160 g/mol. The second-order valence-electron chi connectivity index (χ2n) is 3.58. The van der Waals surface area contributed by atoms with E-state index in [1.54, 1.807) is 0 Å². The van der Waals surface area contributed by atoms with E-state index in [0.717, 1.165) is 11.0 Å². The molecule has 60 valence electrons. The summed E-state index contributed by atoms with van der Waals surface area (Å²) in [6, 6.07) is 0. The van der Waals surface area contributed by atoms with Crippen LogP contribution < -0.4 is 11.1 Å². The van der Waals surface area contributed by atoms with Crippen molar-refractivity contribution in [3.8, 4) is 0 Å². The molecule has 1 aliphatic rings. The summed E-state index contributed by atoms with van der Waals surface area (Å²) in [7, 11) is 0. The van der Waals surface area contributed by atoms with Gasteiger partial charge in [-0.3, -0.25) is 0 Å². The molecule has 0 radical (unpaired) electrons. The van der Waals surface area contributed by atoms with Crippen LogP contribution in [0.3, 0.4) is 0 Å². The summed E-state index contributed by atoms with van der Waals surface area (Å²) in [5.41, 5.74) is 5.82. The molecule has 3 N–H and O–H groups in total. The van der Waals surface area contributed by atoms with Crippen molar-refractivity contribution in [2.75, 3.05) is 18.8 Å². The van der Waals surface area contributed by atoms with E-state index in [9.17, 15) is 0 Å². The van der Waals surface area contributed by atoms with Gasteiger partial charge in [-0.05, 0) is 13.8 Å². The summed E-state index contributed by atoms with van der Waals surface area (Å²) >= 11 is 1.98. The molecule has 0 aromatic rings. The molecule has 10 heavy (non-hydrogen) atoms. The van der Waals surface area contributed by atoms with Gasteiger partial charge >= 0.3 is 0 Å². The van der Waals surface area contributed by atoms with E-state index in [0.29, 0.717) is 0 Å². The van der Waals surface area contributed by atoms with Crippen LogP contribution in [0, 0.1) is 0 Å². The Balaban J connectivity index is 2.04. The number of nitrogens with one attached hydrogen (secondary N) is 1. The molecular formula is C7H16N2S. The Labute approximate surface area is 66.9 Å². The summed E-state index contributed by atoms with van der Waals surface area (Å²) in [4.78, 5) is 0. The summed E-state index contributed by atoms with van der Waals surface area (Å²) in [6.45, 7) is 6.49. The third-order valence-corrected chi connectivity index (χ3v) is 3.15. The zero-order valence-electron chi connectivity index (χ0n) is 6.68. The third kappa shape index (κ3) is 2.90. The summed E-state index contributed by atoms with van der Waals surface area (Å²) < 4.78 is 0. The fourth-order valence-electron chi connectivity index (χ4n) is 0.713. The fraction of sp³-hybridized carbons (Fsp3) is 1.00. The van der Waals surface area contributed by atoms with E-state index in [2.05, 4.69) is 19.2 Å². The first-order chi connectivity index (χ1) is 4.58. The Hall–Kier alpha value is 0.270. The van der Waals surface area contributed by atoms with Crippen molar-refractivity contribution < 1.29 is 0 Å². The van der Waals surface area contributed by atoms with Crippen molar-refractivity contribution in [2.24, 2.45) is 5.73 Å². The van der Waals surface area contributed by atoms with Crippen molar-refractivity contribution in [3.63, 3.8) is 0 Å². The Bertz CT molecular complexity index is 105. The summed E-state index contributed by atoms with van der Waals surface area (Å²) in [5.74, 6) is 1.07. The molecule has 1 heterocycles. The van der Waals surface area contributed by atoms with Gasteiger partial charge in [0.25, 0.3) is 0 Å². The minimum absolute atomic E-state index is 0.000255. The summed E-state index contributed by atoms with van der Waals surface area (Å²) in [5, 5.41) is 4.06. The van der Waals surface area contributed by atoms with Gasteiger partial charge in [0.2, 0.25) is 0 Å². The fourth-order valence-corrected chi connectivity index (χ4v) is 1.85. The molecule has 0 unspecified atom stereocenters. The van der Waals surface area contributed by atoms with E-state index in [1.165, 1.54) is 13.1 Å². The second-order valence-corrected chi connectivity index (χ2v) is 4.87. The quantitative estimate of drug-likeness (QED) is 0.629. The molecule has 3 heteroatoms. The Morgan fingerprint density at radius 2 is 2.20 bits per heavy atom. The average molecular weight is 160 g/mol. The van der Waals surface area contributed by atoms with E-state index < -0.39 is 0 Å². The largest absolute Gasteiger partial charge is 0.325 e. The van der Waals surface area contributed by atoms with E-state index in [-0.39, 0.29) is 5.54 Å². The first kappa shape index (κ1) is 8.37. The number of thioether (sulfide) groups is 1. The van der Waals surface area contributed by atoms with Gasteiger partial charge in [-0.15, -0.1) is 0 Å². The second kappa shape index (κ2) is 3.11. The standard InChI is InChI=1S/C7H16N2S/c1-7(2,8)5-10-6-3-9-4-6/h6,9H,3-5,8H2,1-2H3. The van der Waals surface area contributed by atoms with Crippen LogP contribution in [0.1, 0.15) is 13.8 Å². The molecule has 0 aromatic heterocycles. The van der Waals surface area contributed by atoms with Crippen molar-refractivity contribution >= 4 is 11.8 Å². The van der Waals surface area contributed by atoms with Crippen LogP contribution in [0.5, 0.6) is 0 Å². The van der Waals surface area contributed by atoms with Crippen LogP contribution in [0.4, 0.5) is 0 Å². The minimum Gasteiger partial charge on any atom is -0.325 e. The predicted molar refractivity (Wildman–Crippen MR) is 47.4 cm³/mol. The van der Waals surface area contributed by atoms with Crippen molar-refractivity contribution in [1.29, 1.82) is 0 Å². The van der Waals surface area contributed by atoms with Crippen LogP contribution in [0.25, 0.3) is 0 Å². The van der Waals surface area contributed by atoms with Crippen molar-refractivity contribution in [2.45, 2.75) is 24.6 Å². The Kier molecular flexibility index (Phi) is 2.61. The van der Waals surface area contributed by atoms with Crippen LogP contribution >= 0.6 is 11.8 Å². The normalized spacial score (nSPS) is 20.7. The first-order valence-corrected chi connectivity index (χ1v) is 4.74. The zero-order chi connectivity index (χ0) is 7.61. The van der Waals surface area contributed by atoms with Crippen LogP contribution in [-0.4, -0.2) is 29.6 Å². The molecular weight excluding hydrogens is 144 g/mol. The maximum absolute atomic E-state index is 5.82. The highest BCUT2D eigenvalue weighted by Crippen LogP contribution is 2.18. The highest BCUT2D eigenvalue weighted by Gasteiger charge is 2.20. The number of rotatable bonds is 3. The SMILES string of the molecule is CC(C)(N)CSC1CNC1. The van der Waals surface area contributed by atoms with Crippen molar-refractivity contribution in [3.05, 3.63) is 0 Å². The molecule has 0 aromatic carbocycles. The number of nitrogens with two attached hydrogens (primary N) is 1. The lowest BCUT2D eigenvalue weighted by Crippen LogP contribution is -2.46. The molecule has 0 bridgehead atoms. The molecule has 0 spiro atoms. The number of hydrogen-bond donors (Lipinski definition) is 2. The third-order valence-electron chi connectivity index (χ3n) is 1.44. The molecule has 0 aliphatic carbocycles. The van der Waals surface area contributed by atoms with E-state index >= 15 is 0 Å². The van der Waals surface area contributed by atoms with Gasteiger partial charge in [0.05, 0.1) is 0 Å². The molecule has 1 aliphatic heterocycles. The van der Waals surface area contributed by atoms with Gasteiger partial charge in [-0.25, -0.2) is 0 Å². The van der Waals surface area contributed by atoms with Crippen LogP contribution in [0.2, 0.25) is 0 Å². The molecule has 1 saturated heterocycles. The highest BCUT2D eigenvalue weighted by atomic mass is 32.2. The van der Waals surface area contributed by atoms with Crippen molar-refractivity contribution in [1.82, 2.24) is 5.32 Å². The first-order valence-electron chi connectivity index (χ1n) is 3.69. The predicted octanol–water partition coefficient (Wildman–Crippen LogP) is 0.429. The smallest absolute Gasteiger partial charge is 0.0297 e. The van der Waals surface area contributed by atoms with E-state index in [4.69, 9.17) is 5.73 Å². The molecule has 1 fully saturated rings. The Morgan fingerprint density at radius 3 is 2.50 bits per heavy atom. The maximum atomic E-state index is 5.82. The molecule has 0 atom stereocenters. The van der Waals surface area contributed by atoms with E-state index in [1.807, 2.05) is 11.8 Å². The lowest BCUT2D eigenvalue weighted by molar-refractivity contribution is 0.536. The van der Waals surface area contributed by atoms with Gasteiger partial charge in [-0.2, -0.15) is 11.8 Å². The van der Waals surface area contributed by atoms with Gasteiger partial charge in [0.1, 0.15) is 0 Å². The van der Waals surface area contributed by atoms with Crippen LogP contribution in [0.15, 0.2) is 0 Å². The average Bonchev–Trinajstić information content (AvgIpc) is 1.56. The lowest BCUT2D eigenvalue weighted by Gasteiger charge is -2.29. The summed E-state index contributed by atoms with van der Waals surface area (Å²) in [6.07, 6.45) is 0. The van der Waals surface area contributed by atoms with Gasteiger partial charge in [0, 0.05) is 29.6 Å². The molecule has 0 amide bonds. The topological polar surface area (TPSA) is 38.0 Å². The minimum atomic E-state index is 0.000255.